The van der Waals surface area contributed by atoms with Gasteiger partial charge in [0.2, 0.25) is 0 Å². The maximum atomic E-state index is 13.2. The number of hydrogen-bond donors (Lipinski definition) is 2. The fraction of sp³-hybridized carbons (Fsp3) is 0.250. The highest BCUT2D eigenvalue weighted by Crippen LogP contribution is 2.24. The van der Waals surface area contributed by atoms with Crippen LogP contribution < -0.4 is 5.32 Å². The lowest BCUT2D eigenvalue weighted by Crippen LogP contribution is -2.06. The lowest BCUT2D eigenvalue weighted by molar-refractivity contribution is -0.131. The van der Waals surface area contributed by atoms with Crippen LogP contribution in [0.3, 0.4) is 0 Å². The lowest BCUT2D eigenvalue weighted by Gasteiger charge is -2.10. The first-order chi connectivity index (χ1) is 7.90. The van der Waals surface area contributed by atoms with E-state index >= 15 is 0 Å². The summed E-state index contributed by atoms with van der Waals surface area (Å²) >= 11 is 3.10. The standard InChI is InChI=1S/C12H13BrFNO2/c1-7(3-12(16)17)6-15-11-5-9(13)10(14)4-8(11)2/h3-5,15H,6H2,1-2H3,(H,16,17)/b7-3-. The van der Waals surface area contributed by atoms with Crippen LogP contribution in [-0.2, 0) is 4.79 Å². The molecular formula is C12H13BrFNO2. The summed E-state index contributed by atoms with van der Waals surface area (Å²) in [5.74, 6) is -1.29. The highest BCUT2D eigenvalue weighted by molar-refractivity contribution is 9.10. The van der Waals surface area contributed by atoms with E-state index in [0.717, 1.165) is 17.3 Å². The molecule has 1 rings (SSSR count). The zero-order valence-corrected chi connectivity index (χ0v) is 11.1. The quantitative estimate of drug-likeness (QED) is 0.839. The molecule has 1 aromatic carbocycles. The molecule has 1 aromatic rings. The number of aliphatic carboxylic acids is 1. The molecule has 0 radical (unpaired) electrons. The molecule has 92 valence electrons. The Labute approximate surface area is 107 Å². The van der Waals surface area contributed by atoms with Gasteiger partial charge < -0.3 is 10.4 Å². The van der Waals surface area contributed by atoms with Gasteiger partial charge in [-0.25, -0.2) is 9.18 Å². The minimum absolute atomic E-state index is 0.314. The average molecular weight is 302 g/mol. The maximum absolute atomic E-state index is 13.2. The molecular weight excluding hydrogens is 289 g/mol. The Morgan fingerprint density at radius 2 is 2.24 bits per heavy atom. The third kappa shape index (κ3) is 4.19. The van der Waals surface area contributed by atoms with E-state index in [-0.39, 0.29) is 5.82 Å². The van der Waals surface area contributed by atoms with Crippen LogP contribution in [0, 0.1) is 12.7 Å². The molecule has 17 heavy (non-hydrogen) atoms. The van der Waals surface area contributed by atoms with Crippen molar-refractivity contribution in [3.8, 4) is 0 Å². The molecule has 0 saturated carbocycles. The molecule has 5 heteroatoms. The third-order valence-electron chi connectivity index (χ3n) is 2.19. The summed E-state index contributed by atoms with van der Waals surface area (Å²) in [5.41, 5.74) is 2.24. The van der Waals surface area contributed by atoms with Crippen molar-refractivity contribution in [2.24, 2.45) is 0 Å². The van der Waals surface area contributed by atoms with Gasteiger partial charge in [0.1, 0.15) is 5.82 Å². The van der Waals surface area contributed by atoms with Gasteiger partial charge in [-0.3, -0.25) is 0 Å². The first-order valence-electron chi connectivity index (χ1n) is 4.99. The Balaban J connectivity index is 2.76. The monoisotopic (exact) mass is 301 g/mol. The van der Waals surface area contributed by atoms with Crippen molar-refractivity contribution in [2.45, 2.75) is 13.8 Å². The molecule has 0 spiro atoms. The number of anilines is 1. The number of hydrogen-bond acceptors (Lipinski definition) is 2. The topological polar surface area (TPSA) is 49.3 Å². The number of aryl methyl sites for hydroxylation is 1. The Hall–Kier alpha value is -1.36. The van der Waals surface area contributed by atoms with E-state index in [4.69, 9.17) is 5.11 Å². The van der Waals surface area contributed by atoms with Crippen molar-refractivity contribution in [2.75, 3.05) is 11.9 Å². The molecule has 0 fully saturated rings. The van der Waals surface area contributed by atoms with Gasteiger partial charge >= 0.3 is 5.97 Å². The van der Waals surface area contributed by atoms with Crippen LogP contribution in [0.2, 0.25) is 0 Å². The number of rotatable bonds is 4. The smallest absolute Gasteiger partial charge is 0.328 e. The first-order valence-corrected chi connectivity index (χ1v) is 5.79. The van der Waals surface area contributed by atoms with Gasteiger partial charge in [0, 0.05) is 18.3 Å². The van der Waals surface area contributed by atoms with E-state index in [0.29, 0.717) is 16.6 Å². The zero-order valence-electron chi connectivity index (χ0n) is 9.55. The van der Waals surface area contributed by atoms with Gasteiger partial charge in [-0.1, -0.05) is 0 Å². The molecule has 0 aliphatic carbocycles. The predicted octanol–water partition coefficient (Wildman–Crippen LogP) is 3.34. The molecule has 0 aliphatic rings. The Kier molecular flexibility index (Phi) is 4.69. The second-order valence-corrected chi connectivity index (χ2v) is 4.62. The molecule has 2 N–H and O–H groups in total. The average Bonchev–Trinajstić information content (AvgIpc) is 2.20. The normalized spacial score (nSPS) is 11.4. The summed E-state index contributed by atoms with van der Waals surface area (Å²) < 4.78 is 13.5. The Morgan fingerprint density at radius 1 is 1.59 bits per heavy atom. The highest BCUT2D eigenvalue weighted by Gasteiger charge is 2.05. The van der Waals surface area contributed by atoms with E-state index in [1.807, 2.05) is 0 Å². The number of benzene rings is 1. The molecule has 0 unspecified atom stereocenters. The van der Waals surface area contributed by atoms with E-state index in [2.05, 4.69) is 21.2 Å². The minimum Gasteiger partial charge on any atom is -0.478 e. The fourth-order valence-corrected chi connectivity index (χ4v) is 1.68. The minimum atomic E-state index is -0.971. The largest absolute Gasteiger partial charge is 0.478 e. The molecule has 0 aliphatic heterocycles. The molecule has 0 heterocycles. The second kappa shape index (κ2) is 5.82. The van der Waals surface area contributed by atoms with Crippen LogP contribution in [0.1, 0.15) is 12.5 Å². The van der Waals surface area contributed by atoms with Crippen LogP contribution in [0.4, 0.5) is 10.1 Å². The summed E-state index contributed by atoms with van der Waals surface area (Å²) in [6.07, 6.45) is 1.14. The number of carboxylic acids is 1. The van der Waals surface area contributed by atoms with Crippen molar-refractivity contribution in [1.82, 2.24) is 0 Å². The van der Waals surface area contributed by atoms with E-state index < -0.39 is 5.97 Å². The van der Waals surface area contributed by atoms with Gasteiger partial charge in [0.05, 0.1) is 4.47 Å². The summed E-state index contributed by atoms with van der Waals surface area (Å²) in [6.45, 7) is 3.91. The van der Waals surface area contributed by atoms with E-state index in [1.54, 1.807) is 19.9 Å². The van der Waals surface area contributed by atoms with Crippen LogP contribution in [-0.4, -0.2) is 17.6 Å². The SMILES string of the molecule is C/C(=C/C(=O)O)CNc1cc(Br)c(F)cc1C. The maximum Gasteiger partial charge on any atom is 0.328 e. The summed E-state index contributed by atoms with van der Waals surface area (Å²) in [5, 5.41) is 11.6. The van der Waals surface area contributed by atoms with Crippen molar-refractivity contribution >= 4 is 27.6 Å². The van der Waals surface area contributed by atoms with E-state index in [9.17, 15) is 9.18 Å². The molecule has 3 nitrogen and oxygen atoms in total. The molecule has 0 bridgehead atoms. The first kappa shape index (κ1) is 13.7. The number of carbonyl (C=O) groups is 1. The molecule has 0 amide bonds. The highest BCUT2D eigenvalue weighted by atomic mass is 79.9. The summed E-state index contributed by atoms with van der Waals surface area (Å²) in [4.78, 5) is 10.4. The molecule has 0 aromatic heterocycles. The van der Waals surface area contributed by atoms with Gasteiger partial charge in [-0.15, -0.1) is 0 Å². The van der Waals surface area contributed by atoms with Gasteiger partial charge in [0.25, 0.3) is 0 Å². The fourth-order valence-electron chi connectivity index (χ4n) is 1.33. The van der Waals surface area contributed by atoms with Gasteiger partial charge in [0.15, 0.2) is 0 Å². The Bertz CT molecular complexity index is 472. The van der Waals surface area contributed by atoms with Gasteiger partial charge in [-0.05, 0) is 53.0 Å². The van der Waals surface area contributed by atoms with Crippen LogP contribution >= 0.6 is 15.9 Å². The lowest BCUT2D eigenvalue weighted by atomic mass is 10.2. The number of halogens is 2. The predicted molar refractivity (Wildman–Crippen MR) is 68.7 cm³/mol. The molecule has 0 saturated heterocycles. The van der Waals surface area contributed by atoms with Crippen molar-refractivity contribution in [3.05, 3.63) is 39.6 Å². The second-order valence-electron chi connectivity index (χ2n) is 3.76. The van der Waals surface area contributed by atoms with Crippen LogP contribution in [0.15, 0.2) is 28.3 Å². The van der Waals surface area contributed by atoms with Crippen molar-refractivity contribution < 1.29 is 14.3 Å². The zero-order chi connectivity index (χ0) is 13.0. The third-order valence-corrected chi connectivity index (χ3v) is 2.80. The van der Waals surface area contributed by atoms with Crippen molar-refractivity contribution in [3.63, 3.8) is 0 Å². The Morgan fingerprint density at radius 3 is 2.82 bits per heavy atom. The van der Waals surface area contributed by atoms with Crippen LogP contribution in [0.25, 0.3) is 0 Å². The van der Waals surface area contributed by atoms with E-state index in [1.165, 1.54) is 6.07 Å². The molecule has 0 atom stereocenters. The number of nitrogens with one attached hydrogen (secondary N) is 1. The summed E-state index contributed by atoms with van der Waals surface area (Å²) in [6, 6.07) is 3.06. The van der Waals surface area contributed by atoms with Crippen molar-refractivity contribution in [1.29, 1.82) is 0 Å². The van der Waals surface area contributed by atoms with Crippen LogP contribution in [0.5, 0.6) is 0 Å². The number of carboxylic acid groups (broad SMARTS) is 1. The summed E-state index contributed by atoms with van der Waals surface area (Å²) in [7, 11) is 0. The van der Waals surface area contributed by atoms with Gasteiger partial charge in [-0.2, -0.15) is 0 Å².